The summed E-state index contributed by atoms with van der Waals surface area (Å²) in [7, 11) is 0. The third-order valence-corrected chi connectivity index (χ3v) is 3.13. The molecule has 0 radical (unpaired) electrons. The van der Waals surface area contributed by atoms with Gasteiger partial charge in [-0.2, -0.15) is 14.9 Å². The molecule has 0 fully saturated rings. The second-order valence-corrected chi connectivity index (χ2v) is 5.01. The molecule has 1 aromatic carbocycles. The summed E-state index contributed by atoms with van der Waals surface area (Å²) in [5, 5.41) is 11.0. The van der Waals surface area contributed by atoms with E-state index in [1.54, 1.807) is 10.9 Å². The number of ether oxygens (including phenoxy) is 2. The normalized spacial score (nSPS) is 11.0. The lowest BCUT2D eigenvalue weighted by Crippen LogP contribution is -2.01. The first-order valence-electron chi connectivity index (χ1n) is 7.23. The Hall–Kier alpha value is -2.15. The van der Waals surface area contributed by atoms with Gasteiger partial charge in [0.15, 0.2) is 11.5 Å². The van der Waals surface area contributed by atoms with Crippen LogP contribution in [-0.2, 0) is 0 Å². The zero-order valence-electron chi connectivity index (χ0n) is 13.0. The second-order valence-electron chi connectivity index (χ2n) is 4.62. The van der Waals surface area contributed by atoms with Crippen LogP contribution < -0.4 is 9.47 Å². The van der Waals surface area contributed by atoms with Crippen molar-refractivity contribution in [3.8, 4) is 11.5 Å². The molecular formula is C15H20N4O2S. The van der Waals surface area contributed by atoms with Crippen LogP contribution in [0.4, 0.5) is 0 Å². The Morgan fingerprint density at radius 1 is 1.32 bits per heavy atom. The van der Waals surface area contributed by atoms with Crippen LogP contribution in [0, 0.1) is 11.7 Å². The minimum absolute atomic E-state index is 0.460. The van der Waals surface area contributed by atoms with Crippen molar-refractivity contribution in [3.05, 3.63) is 34.4 Å². The van der Waals surface area contributed by atoms with Crippen LogP contribution in [0.15, 0.2) is 23.3 Å². The minimum atomic E-state index is 0.460. The number of nitrogens with one attached hydrogen (secondary N) is 1. The van der Waals surface area contributed by atoms with Crippen LogP contribution in [0.2, 0.25) is 0 Å². The summed E-state index contributed by atoms with van der Waals surface area (Å²) in [5.74, 6) is 2.17. The van der Waals surface area contributed by atoms with E-state index in [9.17, 15) is 0 Å². The molecule has 0 amide bonds. The van der Waals surface area contributed by atoms with Crippen molar-refractivity contribution in [2.75, 3.05) is 13.2 Å². The highest BCUT2D eigenvalue weighted by Gasteiger charge is 2.06. The van der Waals surface area contributed by atoms with Crippen molar-refractivity contribution in [3.63, 3.8) is 0 Å². The molecule has 1 heterocycles. The van der Waals surface area contributed by atoms with Crippen LogP contribution in [0.25, 0.3) is 0 Å². The van der Waals surface area contributed by atoms with Gasteiger partial charge in [0.05, 0.1) is 19.4 Å². The zero-order valence-corrected chi connectivity index (χ0v) is 13.8. The van der Waals surface area contributed by atoms with E-state index in [4.69, 9.17) is 21.7 Å². The Bertz CT molecular complexity index is 706. The van der Waals surface area contributed by atoms with Crippen molar-refractivity contribution < 1.29 is 9.47 Å². The third kappa shape index (κ3) is 3.94. The molecule has 7 heteroatoms. The van der Waals surface area contributed by atoms with E-state index in [0.29, 0.717) is 29.6 Å². The Morgan fingerprint density at radius 3 is 2.77 bits per heavy atom. The molecule has 0 saturated heterocycles. The Morgan fingerprint density at radius 2 is 2.14 bits per heavy atom. The zero-order chi connectivity index (χ0) is 15.9. The van der Waals surface area contributed by atoms with E-state index < -0.39 is 0 Å². The summed E-state index contributed by atoms with van der Waals surface area (Å²) >= 11 is 5.11. The number of rotatable bonds is 7. The fraction of sp³-hybridized carbons (Fsp3) is 0.400. The Balaban J connectivity index is 2.24. The largest absolute Gasteiger partial charge is 0.490 e. The molecule has 118 valence electrons. The van der Waals surface area contributed by atoms with Crippen molar-refractivity contribution >= 4 is 18.4 Å². The molecule has 0 aliphatic rings. The van der Waals surface area contributed by atoms with Crippen molar-refractivity contribution in [1.82, 2.24) is 14.9 Å². The van der Waals surface area contributed by atoms with Crippen molar-refractivity contribution in [2.45, 2.75) is 27.2 Å². The maximum atomic E-state index is 5.68. The maximum absolute atomic E-state index is 5.68. The number of hydrogen-bond acceptors (Lipinski definition) is 5. The molecule has 0 aliphatic heterocycles. The van der Waals surface area contributed by atoms with E-state index in [1.807, 2.05) is 32.0 Å². The van der Waals surface area contributed by atoms with Gasteiger partial charge in [-0.25, -0.2) is 0 Å². The fourth-order valence-electron chi connectivity index (χ4n) is 1.84. The van der Waals surface area contributed by atoms with Gasteiger partial charge in [0.25, 0.3) is 0 Å². The number of aryl methyl sites for hydroxylation is 1. The summed E-state index contributed by atoms with van der Waals surface area (Å²) in [6, 6.07) is 5.72. The molecule has 0 aliphatic carbocycles. The van der Waals surface area contributed by atoms with Gasteiger partial charge in [0, 0.05) is 0 Å². The summed E-state index contributed by atoms with van der Waals surface area (Å²) in [5.41, 5.74) is 0.898. The van der Waals surface area contributed by atoms with Crippen LogP contribution in [0.5, 0.6) is 11.5 Å². The second kappa shape index (κ2) is 7.74. The molecule has 0 atom stereocenters. The van der Waals surface area contributed by atoms with Gasteiger partial charge in [-0.05, 0) is 56.2 Å². The van der Waals surface area contributed by atoms with Crippen LogP contribution in [0.3, 0.4) is 0 Å². The molecule has 0 bridgehead atoms. The van der Waals surface area contributed by atoms with Crippen LogP contribution in [0.1, 0.15) is 31.7 Å². The minimum Gasteiger partial charge on any atom is -0.490 e. The molecule has 2 aromatic rings. The first kappa shape index (κ1) is 16.2. The van der Waals surface area contributed by atoms with Crippen LogP contribution in [-0.4, -0.2) is 34.3 Å². The molecule has 1 aromatic heterocycles. The molecule has 2 rings (SSSR count). The molecule has 0 spiro atoms. The topological polar surface area (TPSA) is 64.4 Å². The highest BCUT2D eigenvalue weighted by Crippen LogP contribution is 2.28. The van der Waals surface area contributed by atoms with Gasteiger partial charge in [0.2, 0.25) is 4.77 Å². The highest BCUT2D eigenvalue weighted by molar-refractivity contribution is 7.71. The molecule has 0 unspecified atom stereocenters. The average Bonchev–Trinajstić information content (AvgIpc) is 2.83. The van der Waals surface area contributed by atoms with E-state index in [2.05, 4.69) is 22.2 Å². The van der Waals surface area contributed by atoms with Gasteiger partial charge >= 0.3 is 0 Å². The van der Waals surface area contributed by atoms with E-state index in [1.165, 1.54) is 0 Å². The predicted octanol–water partition coefficient (Wildman–Crippen LogP) is 3.32. The first-order valence-corrected chi connectivity index (χ1v) is 7.64. The Labute approximate surface area is 134 Å². The Kier molecular flexibility index (Phi) is 5.71. The quantitative estimate of drug-likeness (QED) is 0.628. The molecule has 1 N–H and O–H groups in total. The number of aromatic amines is 1. The lowest BCUT2D eigenvalue weighted by atomic mass is 10.2. The van der Waals surface area contributed by atoms with Crippen molar-refractivity contribution in [2.24, 2.45) is 5.10 Å². The number of nitrogens with zero attached hydrogens (tertiary/aromatic N) is 3. The van der Waals surface area contributed by atoms with E-state index >= 15 is 0 Å². The van der Waals surface area contributed by atoms with Crippen LogP contribution >= 0.6 is 12.2 Å². The van der Waals surface area contributed by atoms with Gasteiger partial charge in [-0.1, -0.05) is 6.92 Å². The van der Waals surface area contributed by atoms with Gasteiger partial charge < -0.3 is 9.47 Å². The van der Waals surface area contributed by atoms with Gasteiger partial charge in [-0.15, -0.1) is 0 Å². The molecular weight excluding hydrogens is 300 g/mol. The van der Waals surface area contributed by atoms with Gasteiger partial charge in [-0.3, -0.25) is 5.10 Å². The predicted molar refractivity (Wildman–Crippen MR) is 88.5 cm³/mol. The third-order valence-electron chi connectivity index (χ3n) is 2.86. The van der Waals surface area contributed by atoms with Crippen molar-refractivity contribution in [1.29, 1.82) is 0 Å². The molecule has 22 heavy (non-hydrogen) atoms. The molecule has 0 saturated carbocycles. The number of benzene rings is 1. The summed E-state index contributed by atoms with van der Waals surface area (Å²) in [4.78, 5) is 0. The molecule has 6 nitrogen and oxygen atoms in total. The number of aromatic nitrogens is 3. The maximum Gasteiger partial charge on any atom is 0.216 e. The summed E-state index contributed by atoms with van der Waals surface area (Å²) in [6.45, 7) is 7.08. The summed E-state index contributed by atoms with van der Waals surface area (Å²) in [6.07, 6.45) is 2.66. The number of H-pyrrole nitrogens is 1. The lowest BCUT2D eigenvalue weighted by molar-refractivity contribution is 0.277. The van der Waals surface area contributed by atoms with E-state index in [-0.39, 0.29) is 0 Å². The SMILES string of the molecule is CCCOc1ccc(/C=N\n2c(C)n[nH]c2=S)cc1OCC. The first-order chi connectivity index (χ1) is 10.7. The number of hydrogen-bond donors (Lipinski definition) is 1. The van der Waals surface area contributed by atoms with E-state index in [0.717, 1.165) is 17.7 Å². The standard InChI is InChI=1S/C15H20N4O2S/c1-4-8-21-13-7-6-12(9-14(13)20-5-2)10-16-19-11(3)17-18-15(19)22/h6-7,9-10H,4-5,8H2,1-3H3,(H,18,22)/b16-10-. The average molecular weight is 320 g/mol. The van der Waals surface area contributed by atoms with Gasteiger partial charge in [0.1, 0.15) is 5.82 Å². The smallest absolute Gasteiger partial charge is 0.216 e. The summed E-state index contributed by atoms with van der Waals surface area (Å²) < 4.78 is 13.3. The monoisotopic (exact) mass is 320 g/mol. The highest BCUT2D eigenvalue weighted by atomic mass is 32.1. The fourth-order valence-corrected chi connectivity index (χ4v) is 2.06. The lowest BCUT2D eigenvalue weighted by Gasteiger charge is -2.11.